The second-order valence-corrected chi connectivity index (χ2v) is 9.30. The number of anilines is 1. The number of nitrogens with two attached hydrogens (primary N) is 1. The summed E-state index contributed by atoms with van der Waals surface area (Å²) < 4.78 is 5.92. The van der Waals surface area contributed by atoms with Crippen molar-refractivity contribution in [3.05, 3.63) is 43.9 Å². The lowest BCUT2D eigenvalue weighted by atomic mass is 10.2. The van der Waals surface area contributed by atoms with Gasteiger partial charge in [-0.2, -0.15) is 0 Å². The monoisotopic (exact) mass is 516 g/mol. The first kappa shape index (κ1) is 27.0. The number of piperazine rings is 1. The fourth-order valence-electron chi connectivity index (χ4n) is 3.07. The fourth-order valence-corrected chi connectivity index (χ4v) is 3.97. The van der Waals surface area contributed by atoms with Crippen LogP contribution in [0.25, 0.3) is 0 Å². The molecule has 1 aromatic heterocycles. The topological polar surface area (TPSA) is 140 Å². The molecular formula is C19H28N6O5S3. The maximum absolute atomic E-state index is 11.9. The van der Waals surface area contributed by atoms with Gasteiger partial charge in [0.2, 0.25) is 5.13 Å². The summed E-state index contributed by atoms with van der Waals surface area (Å²) in [6.45, 7) is 6.02. The maximum Gasteiger partial charge on any atom is 0.338 e. The number of carbonyl (C=O) groups excluding carboxylic acids is 1. The van der Waals surface area contributed by atoms with E-state index in [2.05, 4.69) is 49.7 Å². The molecule has 11 nitrogen and oxygen atoms in total. The van der Waals surface area contributed by atoms with E-state index in [9.17, 15) is 14.9 Å². The van der Waals surface area contributed by atoms with Crippen LogP contribution in [0, 0.1) is 14.1 Å². The lowest BCUT2D eigenvalue weighted by Crippen LogP contribution is -2.47. The Kier molecular flexibility index (Phi) is 12.1. The molecule has 1 saturated heterocycles. The van der Waals surface area contributed by atoms with Crippen molar-refractivity contribution in [1.82, 2.24) is 20.0 Å². The molecule has 1 aliphatic heterocycles. The van der Waals surface area contributed by atoms with Gasteiger partial charge in [-0.1, -0.05) is 17.4 Å². The Labute approximate surface area is 206 Å². The molecule has 33 heavy (non-hydrogen) atoms. The van der Waals surface area contributed by atoms with E-state index in [1.807, 2.05) is 6.07 Å². The third-order valence-electron chi connectivity index (χ3n) is 4.67. The van der Waals surface area contributed by atoms with Crippen LogP contribution in [-0.2, 0) is 9.57 Å². The highest BCUT2D eigenvalue weighted by molar-refractivity contribution is 7.80. The molecule has 0 saturated carbocycles. The Morgan fingerprint density at radius 3 is 2.36 bits per heavy atom. The van der Waals surface area contributed by atoms with E-state index in [0.717, 1.165) is 50.6 Å². The van der Waals surface area contributed by atoms with Crippen LogP contribution in [0.5, 0.6) is 0 Å². The van der Waals surface area contributed by atoms with Crippen molar-refractivity contribution in [2.75, 3.05) is 58.2 Å². The van der Waals surface area contributed by atoms with Crippen LogP contribution in [0.3, 0.4) is 0 Å². The first-order valence-electron chi connectivity index (χ1n) is 10.3. The molecule has 0 amide bonds. The molecule has 0 spiro atoms. The first-order chi connectivity index (χ1) is 15.8. The van der Waals surface area contributed by atoms with E-state index in [4.69, 9.17) is 10.5 Å². The minimum atomic E-state index is -0.750. The normalized spacial score (nSPS) is 14.2. The molecule has 2 aromatic rings. The second kappa shape index (κ2) is 14.8. The van der Waals surface area contributed by atoms with E-state index in [0.29, 0.717) is 27.7 Å². The average molecular weight is 517 g/mol. The number of H-pyrrole nitrogens is 1. The van der Waals surface area contributed by atoms with Crippen LogP contribution in [0.15, 0.2) is 29.2 Å². The standard InChI is InChI=1S/C17H25N3O5S.C2H3N3S2/c21-17(15-4-1-5-16(26)14-15)24-12-2-6-18-8-10-19(11-9-18)7-3-13-25-20(22)23;3-1-4-5-2(6)7-1/h1,4-5,14,26H,2-3,6-13H2;(H2,3,4)(H,5,6). The fraction of sp³-hybridized carbons (Fsp3) is 0.526. The number of aromatic amines is 1. The SMILES string of the molecule is Nc1n[nH]c(=S)s1.O=C(OCCCN1CCN(CCCO[N+](=O)[O-])CC1)c1cccc(S)c1. The average Bonchev–Trinajstić information content (AvgIpc) is 3.17. The van der Waals surface area contributed by atoms with Gasteiger partial charge in [-0.15, -0.1) is 27.8 Å². The lowest BCUT2D eigenvalue weighted by Gasteiger charge is -2.34. The van der Waals surface area contributed by atoms with Crippen molar-refractivity contribution in [2.24, 2.45) is 0 Å². The minimum Gasteiger partial charge on any atom is -0.462 e. The third-order valence-corrected chi connectivity index (χ3v) is 5.87. The Hall–Kier alpha value is -2.26. The number of rotatable bonds is 10. The molecule has 1 aromatic carbocycles. The van der Waals surface area contributed by atoms with Crippen LogP contribution >= 0.6 is 36.2 Å². The summed E-state index contributed by atoms with van der Waals surface area (Å²) in [4.78, 5) is 31.7. The molecule has 0 bridgehead atoms. The second-order valence-electron chi connectivity index (χ2n) is 7.08. The summed E-state index contributed by atoms with van der Waals surface area (Å²) in [7, 11) is 0. The molecule has 0 unspecified atom stereocenters. The van der Waals surface area contributed by atoms with E-state index in [1.54, 1.807) is 18.2 Å². The summed E-state index contributed by atoms with van der Waals surface area (Å²) in [6.07, 6.45) is 1.45. The molecule has 0 radical (unpaired) electrons. The summed E-state index contributed by atoms with van der Waals surface area (Å²) in [6, 6.07) is 7.01. The van der Waals surface area contributed by atoms with Crippen molar-refractivity contribution in [3.8, 4) is 0 Å². The highest BCUT2D eigenvalue weighted by Gasteiger charge is 2.16. The number of ether oxygens (including phenoxy) is 1. The van der Waals surface area contributed by atoms with Gasteiger partial charge < -0.3 is 25.1 Å². The van der Waals surface area contributed by atoms with E-state index in [-0.39, 0.29) is 12.6 Å². The molecule has 14 heteroatoms. The van der Waals surface area contributed by atoms with E-state index in [1.165, 1.54) is 11.3 Å². The van der Waals surface area contributed by atoms with Gasteiger partial charge in [0.15, 0.2) is 3.95 Å². The smallest absolute Gasteiger partial charge is 0.338 e. The van der Waals surface area contributed by atoms with Gasteiger partial charge >= 0.3 is 5.97 Å². The zero-order valence-electron chi connectivity index (χ0n) is 18.1. The summed E-state index contributed by atoms with van der Waals surface area (Å²) in [5.41, 5.74) is 5.71. The van der Waals surface area contributed by atoms with Gasteiger partial charge in [-0.25, -0.2) is 4.79 Å². The maximum atomic E-state index is 11.9. The third kappa shape index (κ3) is 11.4. The molecule has 3 N–H and O–H groups in total. The van der Waals surface area contributed by atoms with E-state index >= 15 is 0 Å². The van der Waals surface area contributed by atoms with Crippen LogP contribution < -0.4 is 5.73 Å². The quantitative estimate of drug-likeness (QED) is 0.108. The van der Waals surface area contributed by atoms with E-state index < -0.39 is 5.09 Å². The predicted molar refractivity (Wildman–Crippen MR) is 131 cm³/mol. The zero-order valence-corrected chi connectivity index (χ0v) is 20.6. The number of carbonyl (C=O) groups is 1. The highest BCUT2D eigenvalue weighted by Crippen LogP contribution is 2.10. The number of nitrogen functional groups attached to an aromatic ring is 1. The molecule has 2 heterocycles. The van der Waals surface area contributed by atoms with Gasteiger partial charge in [0, 0.05) is 44.2 Å². The highest BCUT2D eigenvalue weighted by atomic mass is 32.1. The Morgan fingerprint density at radius 1 is 1.24 bits per heavy atom. The summed E-state index contributed by atoms with van der Waals surface area (Å²) in [5.74, 6) is -0.317. The zero-order chi connectivity index (χ0) is 24.1. The number of nitrogens with one attached hydrogen (secondary N) is 1. The van der Waals surface area contributed by atoms with Gasteiger partial charge in [0.25, 0.3) is 5.09 Å². The minimum absolute atomic E-state index is 0.148. The molecule has 0 atom stereocenters. The van der Waals surface area contributed by atoms with Gasteiger partial charge in [0.05, 0.1) is 18.8 Å². The molecule has 1 fully saturated rings. The molecule has 0 aliphatic carbocycles. The Balaban J connectivity index is 0.000000468. The number of benzene rings is 1. The lowest BCUT2D eigenvalue weighted by molar-refractivity contribution is -0.757. The van der Waals surface area contributed by atoms with Gasteiger partial charge in [0.1, 0.15) is 0 Å². The molecule has 3 rings (SSSR count). The number of esters is 1. The molecular weight excluding hydrogens is 488 g/mol. The first-order valence-corrected chi connectivity index (χ1v) is 12.0. The van der Waals surface area contributed by atoms with Crippen LogP contribution in [0.2, 0.25) is 0 Å². The van der Waals surface area contributed by atoms with Gasteiger partial charge in [-0.05, 0) is 43.3 Å². The summed E-state index contributed by atoms with van der Waals surface area (Å²) in [5, 5.41) is 15.9. The van der Waals surface area contributed by atoms with Crippen LogP contribution in [0.1, 0.15) is 23.2 Å². The van der Waals surface area contributed by atoms with Crippen LogP contribution in [-0.4, -0.2) is 83.5 Å². The molecule has 1 aliphatic rings. The number of hydrogen-bond donors (Lipinski definition) is 3. The van der Waals surface area contributed by atoms with Gasteiger partial charge in [-0.3, -0.25) is 5.10 Å². The van der Waals surface area contributed by atoms with Crippen molar-refractivity contribution >= 4 is 47.3 Å². The molecule has 182 valence electrons. The largest absolute Gasteiger partial charge is 0.462 e. The Morgan fingerprint density at radius 2 is 1.88 bits per heavy atom. The summed E-state index contributed by atoms with van der Waals surface area (Å²) >= 11 is 10.1. The van der Waals surface area contributed by atoms with Crippen molar-refractivity contribution < 1.29 is 19.5 Å². The number of hydrogen-bond acceptors (Lipinski definition) is 12. The van der Waals surface area contributed by atoms with Crippen molar-refractivity contribution in [3.63, 3.8) is 0 Å². The van der Waals surface area contributed by atoms with Crippen LogP contribution in [0.4, 0.5) is 5.13 Å². The number of thiol groups is 1. The Bertz CT molecular complexity index is 932. The van der Waals surface area contributed by atoms with Crippen molar-refractivity contribution in [1.29, 1.82) is 0 Å². The number of nitrogens with zero attached hydrogens (tertiary/aromatic N) is 4. The van der Waals surface area contributed by atoms with Crippen molar-refractivity contribution in [2.45, 2.75) is 17.7 Å². The number of aromatic nitrogens is 2. The predicted octanol–water partition coefficient (Wildman–Crippen LogP) is 2.52.